The lowest BCUT2D eigenvalue weighted by molar-refractivity contribution is -0.148. The largest absolute Gasteiger partial charge is 0.467 e. The van der Waals surface area contributed by atoms with Crippen molar-refractivity contribution in [2.75, 3.05) is 14.2 Å². The van der Waals surface area contributed by atoms with Gasteiger partial charge in [-0.05, 0) is 12.8 Å². The summed E-state index contributed by atoms with van der Waals surface area (Å²) in [5.74, 6) is -0.704. The van der Waals surface area contributed by atoms with E-state index in [1.807, 2.05) is 13.8 Å². The minimum atomic E-state index is -0.611. The van der Waals surface area contributed by atoms with Gasteiger partial charge in [0, 0.05) is 7.11 Å². The molecule has 0 saturated heterocycles. The van der Waals surface area contributed by atoms with Crippen molar-refractivity contribution < 1.29 is 19.1 Å². The van der Waals surface area contributed by atoms with Crippen molar-refractivity contribution >= 4 is 11.9 Å². The number of esters is 1. The van der Waals surface area contributed by atoms with Crippen LogP contribution < -0.4 is 5.32 Å². The van der Waals surface area contributed by atoms with Gasteiger partial charge in [-0.3, -0.25) is 4.79 Å². The zero-order chi connectivity index (χ0) is 12.7. The molecule has 0 radical (unpaired) electrons. The molecule has 0 aromatic carbocycles. The Morgan fingerprint density at radius 2 is 1.81 bits per heavy atom. The lowest BCUT2D eigenvalue weighted by Gasteiger charge is -2.23. The number of carbonyl (C=O) groups excluding carboxylic acids is 2. The van der Waals surface area contributed by atoms with E-state index in [-0.39, 0.29) is 11.8 Å². The summed E-state index contributed by atoms with van der Waals surface area (Å²) in [5, 5.41) is 2.63. The topological polar surface area (TPSA) is 64.6 Å². The molecule has 3 atom stereocenters. The molecule has 0 aliphatic carbocycles. The highest BCUT2D eigenvalue weighted by atomic mass is 16.5. The van der Waals surface area contributed by atoms with E-state index in [4.69, 9.17) is 4.74 Å². The van der Waals surface area contributed by atoms with Crippen LogP contribution in [0.2, 0.25) is 0 Å². The summed E-state index contributed by atoms with van der Waals surface area (Å²) in [5.41, 5.74) is 0. The number of hydrogen-bond donors (Lipinski definition) is 1. The van der Waals surface area contributed by atoms with E-state index in [1.54, 1.807) is 6.92 Å². The number of hydrogen-bond acceptors (Lipinski definition) is 4. The highest BCUT2D eigenvalue weighted by molar-refractivity contribution is 5.86. The average Bonchev–Trinajstić information content (AvgIpc) is 2.32. The Hall–Kier alpha value is -1.10. The number of methoxy groups -OCH3 is 2. The smallest absolute Gasteiger partial charge is 0.328 e. The quantitative estimate of drug-likeness (QED) is 0.684. The van der Waals surface area contributed by atoms with E-state index >= 15 is 0 Å². The van der Waals surface area contributed by atoms with Crippen LogP contribution in [-0.2, 0) is 19.1 Å². The summed E-state index contributed by atoms with van der Waals surface area (Å²) in [6.07, 6.45) is 0.206. The van der Waals surface area contributed by atoms with Gasteiger partial charge in [0.15, 0.2) is 0 Å². The normalized spacial score (nSPS) is 16.1. The molecule has 0 rings (SSSR count). The van der Waals surface area contributed by atoms with Crippen molar-refractivity contribution in [3.05, 3.63) is 0 Å². The molecular formula is C11H21NO4. The second kappa shape index (κ2) is 7.22. The highest BCUT2D eigenvalue weighted by Crippen LogP contribution is 2.09. The molecule has 0 heterocycles. The minimum absolute atomic E-state index is 0.0282. The van der Waals surface area contributed by atoms with Crippen LogP contribution in [0.25, 0.3) is 0 Å². The maximum atomic E-state index is 11.6. The van der Waals surface area contributed by atoms with Crippen LogP contribution in [-0.4, -0.2) is 38.2 Å². The van der Waals surface area contributed by atoms with E-state index in [2.05, 4.69) is 10.1 Å². The molecule has 16 heavy (non-hydrogen) atoms. The second-order valence-electron chi connectivity index (χ2n) is 3.77. The molecule has 3 unspecified atom stereocenters. The first-order valence-corrected chi connectivity index (χ1v) is 5.38. The highest BCUT2D eigenvalue weighted by Gasteiger charge is 2.28. The zero-order valence-electron chi connectivity index (χ0n) is 10.6. The molecule has 0 aromatic heterocycles. The number of amides is 1. The first-order valence-electron chi connectivity index (χ1n) is 5.38. The van der Waals surface area contributed by atoms with E-state index in [0.717, 1.165) is 6.42 Å². The molecule has 0 spiro atoms. The predicted molar refractivity (Wildman–Crippen MR) is 59.9 cm³/mol. The van der Waals surface area contributed by atoms with Crippen LogP contribution >= 0.6 is 0 Å². The van der Waals surface area contributed by atoms with Crippen LogP contribution in [0.4, 0.5) is 0 Å². The van der Waals surface area contributed by atoms with Gasteiger partial charge in [-0.2, -0.15) is 0 Å². The molecule has 0 aliphatic heterocycles. The fraction of sp³-hybridized carbons (Fsp3) is 0.818. The molecule has 0 saturated carbocycles. The molecular weight excluding hydrogens is 210 g/mol. The number of ether oxygens (including phenoxy) is 2. The first kappa shape index (κ1) is 14.9. The third-order valence-electron chi connectivity index (χ3n) is 2.69. The fourth-order valence-electron chi connectivity index (χ4n) is 1.17. The van der Waals surface area contributed by atoms with E-state index in [0.29, 0.717) is 0 Å². The average molecular weight is 231 g/mol. The van der Waals surface area contributed by atoms with Gasteiger partial charge < -0.3 is 14.8 Å². The molecule has 1 amide bonds. The Bertz CT molecular complexity index is 242. The molecule has 0 aliphatic rings. The van der Waals surface area contributed by atoms with Crippen molar-refractivity contribution in [2.24, 2.45) is 5.92 Å². The first-order chi connectivity index (χ1) is 7.47. The van der Waals surface area contributed by atoms with Gasteiger partial charge in [0.2, 0.25) is 5.91 Å². The SMILES string of the molecule is CCC(C)C(NC(=O)C(C)OC)C(=O)OC. The summed E-state index contributed by atoms with van der Waals surface area (Å²) in [4.78, 5) is 23.1. The van der Waals surface area contributed by atoms with Crippen molar-refractivity contribution in [1.29, 1.82) is 0 Å². The van der Waals surface area contributed by atoms with Gasteiger partial charge in [-0.1, -0.05) is 20.3 Å². The van der Waals surface area contributed by atoms with E-state index in [9.17, 15) is 9.59 Å². The Kier molecular flexibility index (Phi) is 6.72. The maximum Gasteiger partial charge on any atom is 0.328 e. The third-order valence-corrected chi connectivity index (χ3v) is 2.69. The van der Waals surface area contributed by atoms with Gasteiger partial charge >= 0.3 is 5.97 Å². The summed E-state index contributed by atoms with van der Waals surface area (Å²) in [7, 11) is 2.75. The van der Waals surface area contributed by atoms with Crippen molar-refractivity contribution in [1.82, 2.24) is 5.32 Å². The molecule has 0 bridgehead atoms. The van der Waals surface area contributed by atoms with Gasteiger partial charge in [0.05, 0.1) is 7.11 Å². The van der Waals surface area contributed by atoms with Gasteiger partial charge in [-0.15, -0.1) is 0 Å². The Labute approximate surface area is 96.5 Å². The van der Waals surface area contributed by atoms with Crippen molar-refractivity contribution in [3.8, 4) is 0 Å². The molecule has 5 heteroatoms. The Balaban J connectivity index is 4.55. The van der Waals surface area contributed by atoms with Crippen LogP contribution in [0.3, 0.4) is 0 Å². The molecule has 1 N–H and O–H groups in total. The van der Waals surface area contributed by atoms with Crippen LogP contribution in [0.1, 0.15) is 27.2 Å². The van der Waals surface area contributed by atoms with E-state index < -0.39 is 18.1 Å². The summed E-state index contributed by atoms with van der Waals surface area (Å²) >= 11 is 0. The summed E-state index contributed by atoms with van der Waals surface area (Å²) in [6, 6.07) is -0.611. The maximum absolute atomic E-state index is 11.6. The van der Waals surface area contributed by atoms with Crippen LogP contribution in [0.5, 0.6) is 0 Å². The Morgan fingerprint density at radius 1 is 1.25 bits per heavy atom. The number of carbonyl (C=O) groups is 2. The number of rotatable bonds is 6. The predicted octanol–water partition coefficient (Wildman–Crippen LogP) is 0.725. The Morgan fingerprint density at radius 3 is 2.19 bits per heavy atom. The van der Waals surface area contributed by atoms with Crippen molar-refractivity contribution in [3.63, 3.8) is 0 Å². The summed E-state index contributed by atoms with van der Waals surface area (Å²) < 4.78 is 9.53. The zero-order valence-corrected chi connectivity index (χ0v) is 10.6. The lowest BCUT2D eigenvalue weighted by Crippen LogP contribution is -2.48. The minimum Gasteiger partial charge on any atom is -0.467 e. The van der Waals surface area contributed by atoms with Crippen LogP contribution in [0.15, 0.2) is 0 Å². The third kappa shape index (κ3) is 4.18. The van der Waals surface area contributed by atoms with Gasteiger partial charge in [-0.25, -0.2) is 4.79 Å². The second-order valence-corrected chi connectivity index (χ2v) is 3.77. The lowest BCUT2D eigenvalue weighted by atomic mass is 9.99. The monoisotopic (exact) mass is 231 g/mol. The molecule has 0 fully saturated rings. The summed E-state index contributed by atoms with van der Waals surface area (Å²) in [6.45, 7) is 5.46. The standard InChI is InChI=1S/C11H21NO4/c1-6-7(2)9(11(14)16-5)12-10(13)8(3)15-4/h7-9H,6H2,1-5H3,(H,12,13). The van der Waals surface area contributed by atoms with Gasteiger partial charge in [0.1, 0.15) is 12.1 Å². The molecule has 0 aromatic rings. The molecule has 5 nitrogen and oxygen atoms in total. The fourth-order valence-corrected chi connectivity index (χ4v) is 1.17. The van der Waals surface area contributed by atoms with Crippen molar-refractivity contribution in [2.45, 2.75) is 39.3 Å². The molecule has 94 valence electrons. The van der Waals surface area contributed by atoms with E-state index in [1.165, 1.54) is 14.2 Å². The number of nitrogens with one attached hydrogen (secondary N) is 1. The van der Waals surface area contributed by atoms with Crippen LogP contribution in [0, 0.1) is 5.92 Å². The van der Waals surface area contributed by atoms with Gasteiger partial charge in [0.25, 0.3) is 0 Å².